The molecule has 0 saturated carbocycles. The van der Waals surface area contributed by atoms with Crippen LogP contribution in [0, 0.1) is 0 Å². The number of ether oxygens (including phenoxy) is 1. The maximum atomic E-state index is 10.9. The fraction of sp³-hybridized carbons (Fsp3) is 0.870. The summed E-state index contributed by atoms with van der Waals surface area (Å²) in [6.07, 6.45) is 24.5. The third kappa shape index (κ3) is 24.4. The van der Waals surface area contributed by atoms with Crippen molar-refractivity contribution in [3.63, 3.8) is 0 Å². The standard InChI is InChI=1S/C23H44Br2O2Si/c1-2-22(26)27-20-18-16-14-12-10-8-6-4-3-5-7-9-11-13-15-17-19-21-28-23(24)25/h2,23H,1,3-21,28H2. The second kappa shape index (κ2) is 23.7. The van der Waals surface area contributed by atoms with E-state index in [9.17, 15) is 4.79 Å². The first-order chi connectivity index (χ1) is 13.7. The monoisotopic (exact) mass is 538 g/mol. The molecule has 0 spiro atoms. The van der Waals surface area contributed by atoms with Crippen molar-refractivity contribution >= 4 is 47.3 Å². The van der Waals surface area contributed by atoms with Crippen molar-refractivity contribution in [2.45, 2.75) is 119 Å². The Labute approximate surface area is 194 Å². The lowest BCUT2D eigenvalue weighted by Gasteiger charge is -2.04. The molecule has 2 nitrogen and oxygen atoms in total. The zero-order chi connectivity index (χ0) is 20.7. The lowest BCUT2D eigenvalue weighted by molar-refractivity contribution is -0.137. The molecular weight excluding hydrogens is 496 g/mol. The second-order valence-electron chi connectivity index (χ2n) is 7.92. The van der Waals surface area contributed by atoms with Crippen LogP contribution in [0.3, 0.4) is 0 Å². The van der Waals surface area contributed by atoms with Gasteiger partial charge in [-0.2, -0.15) is 0 Å². The van der Waals surface area contributed by atoms with Gasteiger partial charge in [-0.3, -0.25) is 0 Å². The summed E-state index contributed by atoms with van der Waals surface area (Å²) in [5.41, 5.74) is 0. The van der Waals surface area contributed by atoms with E-state index in [-0.39, 0.29) is 15.5 Å². The van der Waals surface area contributed by atoms with Crippen molar-refractivity contribution in [3.8, 4) is 0 Å². The molecule has 28 heavy (non-hydrogen) atoms. The third-order valence-electron chi connectivity index (χ3n) is 5.23. The second-order valence-corrected chi connectivity index (χ2v) is 15.8. The molecule has 0 rings (SSSR count). The Morgan fingerprint density at radius 3 is 1.43 bits per heavy atom. The predicted octanol–water partition coefficient (Wildman–Crippen LogP) is 8.01. The number of esters is 1. The number of carbonyl (C=O) groups is 1. The van der Waals surface area contributed by atoms with E-state index in [1.165, 1.54) is 115 Å². The van der Waals surface area contributed by atoms with Gasteiger partial charge in [-0.1, -0.05) is 147 Å². The molecule has 0 aromatic carbocycles. The quantitative estimate of drug-likeness (QED) is 0.0457. The fourth-order valence-electron chi connectivity index (χ4n) is 3.46. The molecular formula is C23H44Br2O2Si. The van der Waals surface area contributed by atoms with Gasteiger partial charge in [-0.25, -0.2) is 4.79 Å². The van der Waals surface area contributed by atoms with Gasteiger partial charge in [0.1, 0.15) is 0 Å². The minimum atomic E-state index is -0.300. The summed E-state index contributed by atoms with van der Waals surface area (Å²) >= 11 is 7.20. The number of alkyl halides is 2. The smallest absolute Gasteiger partial charge is 0.330 e. The molecule has 0 saturated heterocycles. The predicted molar refractivity (Wildman–Crippen MR) is 135 cm³/mol. The Kier molecular flexibility index (Phi) is 24.0. The van der Waals surface area contributed by atoms with E-state index in [4.69, 9.17) is 4.74 Å². The first-order valence-corrected chi connectivity index (χ1v) is 15.4. The van der Waals surface area contributed by atoms with E-state index in [0.29, 0.717) is 9.97 Å². The van der Waals surface area contributed by atoms with Gasteiger partial charge >= 0.3 is 5.97 Å². The van der Waals surface area contributed by atoms with Crippen molar-refractivity contribution < 1.29 is 9.53 Å². The molecule has 0 fully saturated rings. The van der Waals surface area contributed by atoms with Crippen LogP contribution in [0.1, 0.15) is 109 Å². The third-order valence-corrected chi connectivity index (χ3v) is 9.32. The molecule has 0 aliphatic heterocycles. The summed E-state index contributed by atoms with van der Waals surface area (Å²) in [6.45, 7) is 3.94. The molecule has 0 amide bonds. The number of halogens is 2. The van der Waals surface area contributed by atoms with Gasteiger partial charge in [0.15, 0.2) is 0 Å². The van der Waals surface area contributed by atoms with Crippen LogP contribution in [-0.4, -0.2) is 25.5 Å². The number of rotatable bonds is 22. The average Bonchev–Trinajstić information content (AvgIpc) is 2.68. The minimum absolute atomic E-state index is 0.0905. The largest absolute Gasteiger partial charge is 0.463 e. The van der Waals surface area contributed by atoms with E-state index in [2.05, 4.69) is 38.4 Å². The zero-order valence-electron chi connectivity index (χ0n) is 18.1. The molecule has 5 heteroatoms. The van der Waals surface area contributed by atoms with E-state index < -0.39 is 0 Å². The highest BCUT2D eigenvalue weighted by Crippen LogP contribution is 2.15. The maximum Gasteiger partial charge on any atom is 0.330 e. The van der Waals surface area contributed by atoms with Crippen LogP contribution in [0.15, 0.2) is 12.7 Å². The Balaban J connectivity index is 3.03. The molecule has 166 valence electrons. The average molecular weight is 540 g/mol. The van der Waals surface area contributed by atoms with E-state index in [1.54, 1.807) is 0 Å². The topological polar surface area (TPSA) is 26.3 Å². The van der Waals surface area contributed by atoms with Crippen LogP contribution in [-0.2, 0) is 9.53 Å². The van der Waals surface area contributed by atoms with Crippen LogP contribution in [0.5, 0.6) is 0 Å². The van der Waals surface area contributed by atoms with Crippen molar-refractivity contribution in [3.05, 3.63) is 12.7 Å². The first kappa shape index (κ1) is 28.4. The van der Waals surface area contributed by atoms with Gasteiger partial charge in [0.2, 0.25) is 0 Å². The van der Waals surface area contributed by atoms with Crippen LogP contribution in [0.4, 0.5) is 0 Å². The molecule has 0 radical (unpaired) electrons. The van der Waals surface area contributed by atoms with E-state index >= 15 is 0 Å². The molecule has 0 aliphatic carbocycles. The summed E-state index contributed by atoms with van der Waals surface area (Å²) < 4.78 is 5.62. The molecule has 0 atom stereocenters. The van der Waals surface area contributed by atoms with Gasteiger partial charge < -0.3 is 4.74 Å². The first-order valence-electron chi connectivity index (χ1n) is 11.7. The number of carbonyl (C=O) groups excluding carboxylic acids is 1. The lowest BCUT2D eigenvalue weighted by atomic mass is 10.0. The zero-order valence-corrected chi connectivity index (χ0v) is 22.7. The van der Waals surface area contributed by atoms with E-state index in [1.807, 2.05) is 0 Å². The number of hydrogen-bond acceptors (Lipinski definition) is 2. The Bertz CT molecular complexity index is 351. The highest BCUT2D eigenvalue weighted by molar-refractivity contribution is 9.25. The summed E-state index contributed by atoms with van der Waals surface area (Å²) in [6, 6.07) is 1.48. The molecule has 0 unspecified atom stereocenters. The molecule has 0 N–H and O–H groups in total. The van der Waals surface area contributed by atoms with Gasteiger partial charge in [-0.15, -0.1) is 0 Å². The molecule has 0 heterocycles. The van der Waals surface area contributed by atoms with Crippen LogP contribution < -0.4 is 0 Å². The molecule has 0 aromatic rings. The molecule has 0 aliphatic rings. The van der Waals surface area contributed by atoms with Crippen molar-refractivity contribution in [1.29, 1.82) is 0 Å². The highest BCUT2D eigenvalue weighted by Gasteiger charge is 1.99. The number of hydrogen-bond donors (Lipinski definition) is 0. The summed E-state index contributed by atoms with van der Waals surface area (Å²) in [4.78, 5) is 10.9. The highest BCUT2D eigenvalue weighted by atomic mass is 79.9. The van der Waals surface area contributed by atoms with E-state index in [0.717, 1.165) is 6.42 Å². The summed E-state index contributed by atoms with van der Waals surface area (Å²) in [7, 11) is 0.0905. The van der Waals surface area contributed by atoms with Crippen molar-refractivity contribution in [2.75, 3.05) is 6.61 Å². The summed E-state index contributed by atoms with van der Waals surface area (Å²) in [5.74, 6) is -0.300. The SMILES string of the molecule is C=CC(=O)OCCCCCCCCCCCCCCCCCCC[SiH2]C(Br)Br. The van der Waals surface area contributed by atoms with Gasteiger partial charge in [0, 0.05) is 15.6 Å². The van der Waals surface area contributed by atoms with Gasteiger partial charge in [-0.05, 0) is 6.42 Å². The fourth-order valence-corrected chi connectivity index (χ4v) is 6.35. The summed E-state index contributed by atoms with van der Waals surface area (Å²) in [5, 5.41) is 0. The minimum Gasteiger partial charge on any atom is -0.463 e. The molecule has 0 bridgehead atoms. The normalized spacial score (nSPS) is 11.5. The Hall–Kier alpha value is 0.387. The number of unbranched alkanes of at least 4 members (excludes halogenated alkanes) is 16. The molecule has 0 aromatic heterocycles. The van der Waals surface area contributed by atoms with Gasteiger partial charge in [0.05, 0.1) is 9.97 Å². The lowest BCUT2D eigenvalue weighted by Crippen LogP contribution is -2.01. The maximum absolute atomic E-state index is 10.9. The van der Waals surface area contributed by atoms with Crippen LogP contribution >= 0.6 is 31.9 Å². The van der Waals surface area contributed by atoms with Crippen LogP contribution in [0.25, 0.3) is 0 Å². The Morgan fingerprint density at radius 2 is 1.07 bits per heavy atom. The van der Waals surface area contributed by atoms with Crippen LogP contribution in [0.2, 0.25) is 6.04 Å². The van der Waals surface area contributed by atoms with Crippen molar-refractivity contribution in [2.24, 2.45) is 0 Å². The van der Waals surface area contributed by atoms with Crippen molar-refractivity contribution in [1.82, 2.24) is 0 Å². The van der Waals surface area contributed by atoms with Gasteiger partial charge in [0.25, 0.3) is 0 Å². The Morgan fingerprint density at radius 1 is 0.714 bits per heavy atom.